The van der Waals surface area contributed by atoms with Gasteiger partial charge in [-0.2, -0.15) is 18.3 Å². The molecule has 3 aromatic rings. The van der Waals surface area contributed by atoms with Crippen molar-refractivity contribution in [3.8, 4) is 11.6 Å². The fourth-order valence-electron chi connectivity index (χ4n) is 2.54. The van der Waals surface area contributed by atoms with Crippen LogP contribution in [0.4, 0.5) is 37.7 Å². The number of benzene rings is 2. The number of rotatable bonds is 5. The lowest BCUT2D eigenvalue weighted by Gasteiger charge is -2.20. The highest BCUT2D eigenvalue weighted by atomic mass is 19.4. The first-order valence-electron chi connectivity index (χ1n) is 7.89. The molecule has 152 valence electrons. The van der Waals surface area contributed by atoms with E-state index in [4.69, 9.17) is 4.74 Å². The number of ether oxygens (including phenoxy) is 1. The van der Waals surface area contributed by atoms with Crippen LogP contribution in [-0.4, -0.2) is 16.2 Å². The van der Waals surface area contributed by atoms with E-state index in [9.17, 15) is 31.1 Å². The van der Waals surface area contributed by atoms with Gasteiger partial charge >= 0.3 is 6.18 Å². The Balaban J connectivity index is 2.20. The van der Waals surface area contributed by atoms with Gasteiger partial charge in [0.15, 0.2) is 5.69 Å². The Labute approximate surface area is 159 Å². The van der Waals surface area contributed by atoms with Gasteiger partial charge in [-0.1, -0.05) is 0 Å². The lowest BCUT2D eigenvalue weighted by atomic mass is 10.2. The van der Waals surface area contributed by atoms with Gasteiger partial charge in [-0.3, -0.25) is 9.69 Å². The van der Waals surface area contributed by atoms with Crippen LogP contribution in [-0.2, 0) is 18.0 Å². The van der Waals surface area contributed by atoms with Gasteiger partial charge in [0.1, 0.15) is 28.9 Å². The van der Waals surface area contributed by atoms with Gasteiger partial charge < -0.3 is 4.74 Å². The van der Waals surface area contributed by atoms with Crippen molar-refractivity contribution in [1.82, 2.24) is 9.78 Å². The summed E-state index contributed by atoms with van der Waals surface area (Å²) >= 11 is 0. The van der Waals surface area contributed by atoms with Crippen LogP contribution in [0, 0.1) is 17.5 Å². The standard InChI is InChI=1S/C18H11F6N3O2/c1-26-17(29-12-5-2-10(19)3-6-12)15(16(25-26)18(22,23)24)27(9-28)14-7-4-11(20)8-13(14)21/h2-9H,1H3. The molecule has 2 aromatic carbocycles. The Morgan fingerprint density at radius 2 is 1.66 bits per heavy atom. The highest BCUT2D eigenvalue weighted by Crippen LogP contribution is 2.45. The molecular formula is C18H11F6N3O2. The van der Waals surface area contributed by atoms with Gasteiger partial charge in [-0.15, -0.1) is 0 Å². The van der Waals surface area contributed by atoms with Crippen LogP contribution in [0.2, 0.25) is 0 Å². The molecule has 29 heavy (non-hydrogen) atoms. The largest absolute Gasteiger partial charge is 0.437 e. The van der Waals surface area contributed by atoms with Crippen LogP contribution >= 0.6 is 0 Å². The van der Waals surface area contributed by atoms with Crippen LogP contribution < -0.4 is 9.64 Å². The number of carbonyl (C=O) groups excluding carboxylic acids is 1. The number of aromatic nitrogens is 2. The van der Waals surface area contributed by atoms with Gasteiger partial charge in [-0.05, 0) is 36.4 Å². The second-order valence-electron chi connectivity index (χ2n) is 5.75. The highest BCUT2D eigenvalue weighted by molar-refractivity contribution is 5.90. The molecule has 0 radical (unpaired) electrons. The molecule has 0 unspecified atom stereocenters. The van der Waals surface area contributed by atoms with Crippen molar-refractivity contribution in [2.24, 2.45) is 7.05 Å². The first kappa shape index (κ1) is 20.2. The Morgan fingerprint density at radius 3 is 2.21 bits per heavy atom. The third kappa shape index (κ3) is 4.03. The van der Waals surface area contributed by atoms with Gasteiger partial charge in [-0.25, -0.2) is 17.9 Å². The summed E-state index contributed by atoms with van der Waals surface area (Å²) < 4.78 is 87.1. The molecule has 0 saturated heterocycles. The van der Waals surface area contributed by atoms with Crippen LogP contribution in [0.3, 0.4) is 0 Å². The number of hydrogen-bond donors (Lipinski definition) is 0. The molecule has 0 aliphatic rings. The van der Waals surface area contributed by atoms with Crippen molar-refractivity contribution >= 4 is 17.8 Å². The summed E-state index contributed by atoms with van der Waals surface area (Å²) in [5.74, 6) is -3.50. The summed E-state index contributed by atoms with van der Waals surface area (Å²) in [5, 5.41) is 3.33. The Kier molecular flexibility index (Phi) is 5.23. The predicted molar refractivity (Wildman–Crippen MR) is 89.2 cm³/mol. The van der Waals surface area contributed by atoms with E-state index in [0.29, 0.717) is 15.6 Å². The zero-order valence-electron chi connectivity index (χ0n) is 14.5. The highest BCUT2D eigenvalue weighted by Gasteiger charge is 2.42. The van der Waals surface area contributed by atoms with Crippen molar-refractivity contribution in [1.29, 1.82) is 0 Å². The van der Waals surface area contributed by atoms with E-state index in [1.54, 1.807) is 0 Å². The lowest BCUT2D eigenvalue weighted by molar-refractivity contribution is -0.140. The van der Waals surface area contributed by atoms with Crippen LogP contribution in [0.1, 0.15) is 5.69 Å². The van der Waals surface area contributed by atoms with Gasteiger partial charge in [0, 0.05) is 13.1 Å². The fraction of sp³-hybridized carbons (Fsp3) is 0.111. The van der Waals surface area contributed by atoms with Gasteiger partial charge in [0.05, 0.1) is 5.69 Å². The Hall–Kier alpha value is -3.50. The number of halogens is 6. The monoisotopic (exact) mass is 415 g/mol. The van der Waals surface area contributed by atoms with Crippen molar-refractivity contribution < 1.29 is 35.9 Å². The zero-order chi connectivity index (χ0) is 21.3. The molecule has 1 aromatic heterocycles. The molecule has 0 spiro atoms. The molecule has 0 saturated carbocycles. The summed E-state index contributed by atoms with van der Waals surface area (Å²) in [4.78, 5) is 11.9. The van der Waals surface area contributed by atoms with E-state index in [2.05, 4.69) is 5.10 Å². The molecule has 0 fully saturated rings. The third-order valence-electron chi connectivity index (χ3n) is 3.78. The minimum atomic E-state index is -5.03. The number of alkyl halides is 3. The van der Waals surface area contributed by atoms with E-state index in [0.717, 1.165) is 43.4 Å². The third-order valence-corrected chi connectivity index (χ3v) is 3.78. The van der Waals surface area contributed by atoms with E-state index in [1.165, 1.54) is 0 Å². The number of amides is 1. The summed E-state index contributed by atoms with van der Waals surface area (Å²) in [6.45, 7) is 0. The summed E-state index contributed by atoms with van der Waals surface area (Å²) in [7, 11) is 1.11. The average Bonchev–Trinajstić information content (AvgIpc) is 2.96. The van der Waals surface area contributed by atoms with Crippen molar-refractivity contribution in [3.05, 3.63) is 65.6 Å². The topological polar surface area (TPSA) is 47.4 Å². The van der Waals surface area contributed by atoms with E-state index >= 15 is 0 Å². The molecular weight excluding hydrogens is 404 g/mol. The number of nitrogens with zero attached hydrogens (tertiary/aromatic N) is 3. The SMILES string of the molecule is Cn1nc(C(F)(F)F)c(N(C=O)c2ccc(F)cc2F)c1Oc1ccc(F)cc1. The average molecular weight is 415 g/mol. The normalized spacial score (nSPS) is 11.4. The van der Waals surface area contributed by atoms with E-state index in [-0.39, 0.29) is 12.2 Å². The molecule has 11 heteroatoms. The summed E-state index contributed by atoms with van der Waals surface area (Å²) in [6.07, 6.45) is -5.12. The summed E-state index contributed by atoms with van der Waals surface area (Å²) in [5.41, 5.74) is -3.10. The number of carbonyl (C=O) groups is 1. The Morgan fingerprint density at radius 1 is 1.03 bits per heavy atom. The molecule has 0 aliphatic carbocycles. The number of anilines is 2. The maximum Gasteiger partial charge on any atom is 0.437 e. The van der Waals surface area contributed by atoms with Gasteiger partial charge in [0.2, 0.25) is 12.3 Å². The van der Waals surface area contributed by atoms with Crippen LogP contribution in [0.5, 0.6) is 11.6 Å². The first-order valence-corrected chi connectivity index (χ1v) is 7.89. The van der Waals surface area contributed by atoms with Crippen molar-refractivity contribution in [2.45, 2.75) is 6.18 Å². The lowest BCUT2D eigenvalue weighted by Crippen LogP contribution is -2.20. The molecule has 3 rings (SSSR count). The maximum absolute atomic E-state index is 14.2. The molecule has 0 atom stereocenters. The van der Waals surface area contributed by atoms with Crippen LogP contribution in [0.15, 0.2) is 42.5 Å². The molecule has 1 amide bonds. The second kappa shape index (κ2) is 7.49. The molecule has 5 nitrogen and oxygen atoms in total. The number of aryl methyl sites for hydroxylation is 1. The first-order chi connectivity index (χ1) is 13.6. The maximum atomic E-state index is 14.2. The molecule has 0 N–H and O–H groups in total. The van der Waals surface area contributed by atoms with Crippen LogP contribution in [0.25, 0.3) is 0 Å². The fourth-order valence-corrected chi connectivity index (χ4v) is 2.54. The molecule has 0 bridgehead atoms. The van der Waals surface area contributed by atoms with Gasteiger partial charge in [0.25, 0.3) is 0 Å². The van der Waals surface area contributed by atoms with Crippen molar-refractivity contribution in [2.75, 3.05) is 4.90 Å². The molecule has 0 aliphatic heterocycles. The summed E-state index contributed by atoms with van der Waals surface area (Å²) in [6, 6.07) is 6.29. The van der Waals surface area contributed by atoms with E-state index < -0.39 is 46.6 Å². The minimum absolute atomic E-state index is 0.0604. The quantitative estimate of drug-likeness (QED) is 0.438. The number of hydrogen-bond acceptors (Lipinski definition) is 3. The zero-order valence-corrected chi connectivity index (χ0v) is 14.5. The smallest absolute Gasteiger partial charge is 0.437 e. The van der Waals surface area contributed by atoms with Crippen molar-refractivity contribution in [3.63, 3.8) is 0 Å². The molecule has 1 heterocycles. The Bertz CT molecular complexity index is 1050. The second-order valence-corrected chi connectivity index (χ2v) is 5.75. The minimum Gasteiger partial charge on any atom is -0.437 e. The van der Waals surface area contributed by atoms with E-state index in [1.807, 2.05) is 0 Å². The predicted octanol–water partition coefficient (Wildman–Crippen LogP) is 4.94.